The summed E-state index contributed by atoms with van der Waals surface area (Å²) in [6.07, 6.45) is 12.5. The van der Waals surface area contributed by atoms with Crippen molar-refractivity contribution in [3.8, 4) is 0 Å². The lowest BCUT2D eigenvalue weighted by Gasteiger charge is -2.55. The van der Waals surface area contributed by atoms with Gasteiger partial charge >= 0.3 is 0 Å². The monoisotopic (exact) mass is 418 g/mol. The molecule has 1 aromatic heterocycles. The Morgan fingerprint density at radius 3 is 3.03 bits per heavy atom. The summed E-state index contributed by atoms with van der Waals surface area (Å²) in [5.74, 6) is 1.47. The number of benzene rings is 1. The average molecular weight is 419 g/mol. The Morgan fingerprint density at radius 1 is 1.10 bits per heavy atom. The minimum atomic E-state index is 0.478. The lowest BCUT2D eigenvalue weighted by atomic mass is 9.68. The minimum absolute atomic E-state index is 0.478. The molecule has 2 aromatic rings. The Hall–Kier alpha value is -1.98. The summed E-state index contributed by atoms with van der Waals surface area (Å²) in [5.41, 5.74) is 3.74. The highest BCUT2D eigenvalue weighted by Crippen LogP contribution is 2.45. The van der Waals surface area contributed by atoms with Gasteiger partial charge in [-0.1, -0.05) is 24.1 Å². The predicted octanol–water partition coefficient (Wildman–Crippen LogP) is 4.83. The van der Waals surface area contributed by atoms with Crippen LogP contribution in [0, 0.1) is 11.8 Å². The fraction of sp³-hybridized carbons (Fsp3) is 0.520. The van der Waals surface area contributed by atoms with E-state index in [9.17, 15) is 0 Å². The third-order valence-electron chi connectivity index (χ3n) is 7.81. The number of hydrogen-bond acceptors (Lipinski definition) is 3. The zero-order valence-electron chi connectivity index (χ0n) is 17.5. The number of rotatable bonds is 1. The molecule has 4 nitrogen and oxygen atoms in total. The number of nitrogens with zero attached hydrogens (tertiary/aromatic N) is 3. The number of likely N-dealkylation sites (tertiary alicyclic amines) is 1. The van der Waals surface area contributed by atoms with E-state index in [0.29, 0.717) is 12.0 Å². The third-order valence-corrected chi connectivity index (χ3v) is 8.14. The van der Waals surface area contributed by atoms with Crippen molar-refractivity contribution in [3.63, 3.8) is 0 Å². The quantitative estimate of drug-likeness (QED) is 0.530. The van der Waals surface area contributed by atoms with Crippen molar-refractivity contribution >= 4 is 33.9 Å². The third kappa shape index (κ3) is 3.14. The van der Waals surface area contributed by atoms with Crippen LogP contribution in [0.4, 0.5) is 5.69 Å². The number of fused-ring (bicyclic) bond motifs is 7. The zero-order valence-corrected chi connectivity index (χ0v) is 18.3. The summed E-state index contributed by atoms with van der Waals surface area (Å²) in [6, 6.07) is 11.6. The van der Waals surface area contributed by atoms with Crippen molar-refractivity contribution in [2.24, 2.45) is 11.8 Å². The SMILES string of the molecule is S=C(Nc1cccc2ncccc12)N1CCCC2=C[C@@H]3C[C@H](CN4CCCC[C@H]34)[C@@H]21. The second-order valence-electron chi connectivity index (χ2n) is 9.51. The lowest BCUT2D eigenvalue weighted by molar-refractivity contribution is 0.0132. The van der Waals surface area contributed by atoms with Gasteiger partial charge in [-0.2, -0.15) is 0 Å². The van der Waals surface area contributed by atoms with Crippen molar-refractivity contribution in [1.82, 2.24) is 14.8 Å². The molecule has 0 spiro atoms. The molecule has 1 aliphatic carbocycles. The molecule has 0 amide bonds. The molecule has 4 aliphatic rings. The average Bonchev–Trinajstić information content (AvgIpc) is 2.79. The standard InChI is InChI=1S/C25H30N4S/c30-25(27-22-9-3-8-21-20(22)7-4-11-26-21)29-13-5-6-17-14-18-15-19(24(17)29)16-28-12-2-1-10-23(18)28/h3-4,7-9,11,14,18-19,23-24H,1-2,5-6,10,12-13,15-16H2,(H,27,30)/t18-,19-,23-,24-/m1/s1. The van der Waals surface area contributed by atoms with Crippen LogP contribution in [0.5, 0.6) is 0 Å². The molecule has 0 saturated carbocycles. The number of pyridine rings is 1. The maximum absolute atomic E-state index is 6.00. The van der Waals surface area contributed by atoms with Crippen LogP contribution in [-0.4, -0.2) is 51.6 Å². The van der Waals surface area contributed by atoms with E-state index in [4.69, 9.17) is 12.2 Å². The molecule has 1 N–H and O–H groups in total. The Balaban J connectivity index is 1.28. The van der Waals surface area contributed by atoms with Gasteiger partial charge in [0, 0.05) is 36.4 Å². The largest absolute Gasteiger partial charge is 0.342 e. The molecule has 4 heterocycles. The van der Waals surface area contributed by atoms with Crippen LogP contribution < -0.4 is 5.32 Å². The lowest BCUT2D eigenvalue weighted by Crippen LogP contribution is -2.60. The molecule has 30 heavy (non-hydrogen) atoms. The first-order valence-corrected chi connectivity index (χ1v) is 12.0. The maximum atomic E-state index is 6.00. The number of piperidine rings is 3. The minimum Gasteiger partial charge on any atom is -0.342 e. The summed E-state index contributed by atoms with van der Waals surface area (Å²) in [7, 11) is 0. The zero-order chi connectivity index (χ0) is 20.1. The molecular formula is C25H30N4S. The van der Waals surface area contributed by atoms with Gasteiger partial charge in [0.2, 0.25) is 0 Å². The first-order chi connectivity index (χ1) is 14.8. The van der Waals surface area contributed by atoms with E-state index in [2.05, 4.69) is 50.4 Å². The molecule has 4 atom stereocenters. The number of hydrogen-bond donors (Lipinski definition) is 1. The topological polar surface area (TPSA) is 31.4 Å². The van der Waals surface area contributed by atoms with Crippen molar-refractivity contribution in [3.05, 3.63) is 48.2 Å². The summed E-state index contributed by atoms with van der Waals surface area (Å²) >= 11 is 6.00. The number of aromatic nitrogens is 1. The molecule has 1 aromatic carbocycles. The van der Waals surface area contributed by atoms with E-state index in [0.717, 1.165) is 40.2 Å². The molecular weight excluding hydrogens is 388 g/mol. The number of nitrogens with one attached hydrogen (secondary N) is 1. The van der Waals surface area contributed by atoms with Crippen molar-refractivity contribution in [2.75, 3.05) is 25.0 Å². The normalized spacial score (nSPS) is 30.9. The molecule has 3 saturated heterocycles. The highest BCUT2D eigenvalue weighted by Gasteiger charge is 2.46. The van der Waals surface area contributed by atoms with Gasteiger partial charge < -0.3 is 10.2 Å². The van der Waals surface area contributed by atoms with Crippen LogP contribution in [0.15, 0.2) is 48.2 Å². The number of thiocarbonyl (C=S) groups is 1. The first kappa shape index (κ1) is 18.8. The molecule has 156 valence electrons. The molecule has 5 heteroatoms. The second-order valence-corrected chi connectivity index (χ2v) is 9.89. The van der Waals surface area contributed by atoms with Crippen LogP contribution in [0.2, 0.25) is 0 Å². The molecule has 6 rings (SSSR count). The Bertz CT molecular complexity index is 996. The Kier molecular flexibility index (Phi) is 4.76. The van der Waals surface area contributed by atoms with E-state index in [1.807, 2.05) is 12.3 Å². The molecule has 3 fully saturated rings. The van der Waals surface area contributed by atoms with Gasteiger partial charge in [0.1, 0.15) is 0 Å². The molecule has 3 aliphatic heterocycles. The van der Waals surface area contributed by atoms with E-state index < -0.39 is 0 Å². The second kappa shape index (κ2) is 7.61. The summed E-state index contributed by atoms with van der Waals surface area (Å²) in [5, 5.41) is 5.60. The summed E-state index contributed by atoms with van der Waals surface area (Å²) < 4.78 is 0. The highest BCUT2D eigenvalue weighted by atomic mass is 32.1. The summed E-state index contributed by atoms with van der Waals surface area (Å²) in [4.78, 5) is 9.80. The van der Waals surface area contributed by atoms with Gasteiger partial charge in [-0.05, 0) is 87.0 Å². The molecule has 2 bridgehead atoms. The summed E-state index contributed by atoms with van der Waals surface area (Å²) in [6.45, 7) is 3.60. The van der Waals surface area contributed by atoms with E-state index in [1.165, 1.54) is 51.6 Å². The number of anilines is 1. The van der Waals surface area contributed by atoms with Gasteiger partial charge in [0.15, 0.2) is 5.11 Å². The maximum Gasteiger partial charge on any atom is 0.173 e. The van der Waals surface area contributed by atoms with Gasteiger partial charge in [0.05, 0.1) is 11.6 Å². The van der Waals surface area contributed by atoms with Gasteiger partial charge in [-0.25, -0.2) is 0 Å². The van der Waals surface area contributed by atoms with Gasteiger partial charge in [0.25, 0.3) is 0 Å². The van der Waals surface area contributed by atoms with Crippen molar-refractivity contribution in [2.45, 2.75) is 50.6 Å². The fourth-order valence-electron chi connectivity index (χ4n) is 6.60. The van der Waals surface area contributed by atoms with Crippen LogP contribution in [0.25, 0.3) is 10.9 Å². The molecule has 0 radical (unpaired) electrons. The first-order valence-electron chi connectivity index (χ1n) is 11.6. The molecule has 0 unspecified atom stereocenters. The van der Waals surface area contributed by atoms with E-state index >= 15 is 0 Å². The highest BCUT2D eigenvalue weighted by molar-refractivity contribution is 7.80. The van der Waals surface area contributed by atoms with E-state index in [-0.39, 0.29) is 0 Å². The van der Waals surface area contributed by atoms with Gasteiger partial charge in [-0.3, -0.25) is 9.88 Å². The van der Waals surface area contributed by atoms with Crippen molar-refractivity contribution < 1.29 is 0 Å². The predicted molar refractivity (Wildman–Crippen MR) is 127 cm³/mol. The Labute approximate surface area is 184 Å². The van der Waals surface area contributed by atoms with Crippen LogP contribution in [-0.2, 0) is 0 Å². The van der Waals surface area contributed by atoms with Crippen molar-refractivity contribution in [1.29, 1.82) is 0 Å². The smallest absolute Gasteiger partial charge is 0.173 e. The van der Waals surface area contributed by atoms with Crippen LogP contribution in [0.1, 0.15) is 38.5 Å². The van der Waals surface area contributed by atoms with E-state index in [1.54, 1.807) is 5.57 Å². The fourth-order valence-corrected chi connectivity index (χ4v) is 6.92. The van der Waals surface area contributed by atoms with Gasteiger partial charge in [-0.15, -0.1) is 0 Å². The Morgan fingerprint density at radius 2 is 2.07 bits per heavy atom. The van der Waals surface area contributed by atoms with Crippen LogP contribution >= 0.6 is 12.2 Å². The van der Waals surface area contributed by atoms with Crippen LogP contribution in [0.3, 0.4) is 0 Å².